The molecular weight excluding hydrogens is 137 g/mol. The molecule has 1 aliphatic rings. The molecule has 0 aromatic rings. The summed E-state index contributed by atoms with van der Waals surface area (Å²) in [6.07, 6.45) is 1.95. The summed E-state index contributed by atoms with van der Waals surface area (Å²) >= 11 is -1.19. The summed E-state index contributed by atoms with van der Waals surface area (Å²) in [5.41, 5.74) is 0. The SMILES string of the molecule is O=[CH][Ge]1=[CH]C=[CH]1. The van der Waals surface area contributed by atoms with Gasteiger partial charge in [-0.25, -0.2) is 0 Å². The molecule has 0 aromatic carbocycles. The fourth-order valence-electron chi connectivity index (χ4n) is 0.286. The molecule has 1 aliphatic heterocycles. The van der Waals surface area contributed by atoms with Crippen molar-refractivity contribution in [3.05, 3.63) is 11.0 Å². The van der Waals surface area contributed by atoms with Crippen molar-refractivity contribution in [1.29, 1.82) is 0 Å². The van der Waals surface area contributed by atoms with Gasteiger partial charge in [0.2, 0.25) is 0 Å². The van der Waals surface area contributed by atoms with Gasteiger partial charge in [-0.3, -0.25) is 0 Å². The summed E-state index contributed by atoms with van der Waals surface area (Å²) in [5.74, 6) is 0. The number of allylic oxidation sites excluding steroid dienone is 1. The van der Waals surface area contributed by atoms with Crippen LogP contribution in [0, 0.1) is 0 Å². The van der Waals surface area contributed by atoms with Crippen LogP contribution in [-0.4, -0.2) is 23.9 Å². The van der Waals surface area contributed by atoms with E-state index in [1.807, 2.05) is 15.8 Å². The first-order chi connectivity index (χ1) is 2.93. The third-order valence-corrected chi connectivity index (χ3v) is 3.71. The molecule has 0 atom stereocenters. The van der Waals surface area contributed by atoms with Gasteiger partial charge in [0.05, 0.1) is 0 Å². The maximum absolute atomic E-state index is 9.78. The van der Waals surface area contributed by atoms with Gasteiger partial charge in [0, 0.05) is 0 Å². The second kappa shape index (κ2) is 1.51. The minimum atomic E-state index is -1.19. The Balaban J connectivity index is 2.57. The molecule has 0 saturated heterocycles. The van der Waals surface area contributed by atoms with Gasteiger partial charge in [0.15, 0.2) is 0 Å². The van der Waals surface area contributed by atoms with Crippen molar-refractivity contribution >= 4 is 23.9 Å². The molecule has 0 unspecified atom stereocenters. The predicted molar refractivity (Wildman–Crippen MR) is 27.7 cm³/mol. The third kappa shape index (κ3) is 0.498. The van der Waals surface area contributed by atoms with Crippen LogP contribution in [0.4, 0.5) is 0 Å². The van der Waals surface area contributed by atoms with Gasteiger partial charge in [-0.2, -0.15) is 0 Å². The quantitative estimate of drug-likeness (QED) is 0.363. The molecule has 0 N–H and O–H groups in total. The van der Waals surface area contributed by atoms with Crippen LogP contribution in [-0.2, 0) is 4.79 Å². The molecular formula is C4H4GeO. The van der Waals surface area contributed by atoms with E-state index in [2.05, 4.69) is 0 Å². The van der Waals surface area contributed by atoms with Crippen molar-refractivity contribution in [2.45, 2.75) is 0 Å². The standard InChI is InChI=1S/C4H4GeO/c6-4-5-2-1-3-5/h1-4H. The molecule has 1 nitrogen and oxygen atoms in total. The van der Waals surface area contributed by atoms with E-state index >= 15 is 0 Å². The Bertz CT molecular complexity index is 120. The fourth-order valence-corrected chi connectivity index (χ4v) is 1.49. The third-order valence-electron chi connectivity index (χ3n) is 0.713. The van der Waals surface area contributed by atoms with Crippen LogP contribution in [0.5, 0.6) is 0 Å². The number of rotatable bonds is 1. The topological polar surface area (TPSA) is 17.1 Å². The van der Waals surface area contributed by atoms with Crippen LogP contribution >= 0.6 is 0 Å². The summed E-state index contributed by atoms with van der Waals surface area (Å²) in [6.45, 7) is 0. The predicted octanol–water partition coefficient (Wildman–Crippen LogP) is -0.254. The second-order valence-corrected chi connectivity index (χ2v) is 5.13. The first-order valence-corrected chi connectivity index (χ1v) is 5.40. The maximum atomic E-state index is 9.78. The van der Waals surface area contributed by atoms with Crippen molar-refractivity contribution in [3.8, 4) is 0 Å². The van der Waals surface area contributed by atoms with Crippen LogP contribution in [0.3, 0.4) is 0 Å². The Kier molecular flexibility index (Phi) is 1.01. The molecule has 0 aliphatic carbocycles. The van der Waals surface area contributed by atoms with E-state index in [1.54, 1.807) is 0 Å². The monoisotopic (exact) mass is 142 g/mol. The Hall–Kier alpha value is -0.177. The van der Waals surface area contributed by atoms with E-state index < -0.39 is 13.9 Å². The Morgan fingerprint density at radius 2 is 2.33 bits per heavy atom. The van der Waals surface area contributed by atoms with Crippen LogP contribution < -0.4 is 0 Å². The zero-order valence-electron chi connectivity index (χ0n) is 3.22. The van der Waals surface area contributed by atoms with E-state index in [9.17, 15) is 4.79 Å². The Morgan fingerprint density at radius 3 is 2.33 bits per heavy atom. The number of hydrogen-bond donors (Lipinski definition) is 0. The number of carbonyl (C=O) groups is 1. The normalized spacial score (nSPS) is 15.7. The van der Waals surface area contributed by atoms with Crippen molar-refractivity contribution in [2.75, 3.05) is 0 Å². The molecule has 0 aromatic heterocycles. The molecule has 0 bridgehead atoms. The molecule has 2 heteroatoms. The number of carbonyl (C=O) groups excluding carboxylic acids is 1. The number of hydrogen-bond acceptors (Lipinski definition) is 1. The van der Waals surface area contributed by atoms with Gasteiger partial charge >= 0.3 is 39.7 Å². The summed E-state index contributed by atoms with van der Waals surface area (Å²) in [6, 6.07) is 0. The summed E-state index contributed by atoms with van der Waals surface area (Å²) in [4.78, 5) is 13.8. The van der Waals surface area contributed by atoms with Gasteiger partial charge in [-0.15, -0.1) is 0 Å². The van der Waals surface area contributed by atoms with Gasteiger partial charge in [-0.05, 0) is 0 Å². The molecule has 0 fully saturated rings. The average molecular weight is 141 g/mol. The molecule has 1 rings (SSSR count). The molecule has 0 spiro atoms. The van der Waals surface area contributed by atoms with E-state index in [4.69, 9.17) is 0 Å². The van der Waals surface area contributed by atoms with Gasteiger partial charge in [0.25, 0.3) is 0 Å². The molecule has 0 radical (unpaired) electrons. The van der Waals surface area contributed by atoms with Crippen molar-refractivity contribution in [2.24, 2.45) is 0 Å². The van der Waals surface area contributed by atoms with Crippen molar-refractivity contribution in [1.82, 2.24) is 0 Å². The fraction of sp³-hybridized carbons (Fsp3) is 0. The van der Waals surface area contributed by atoms with Crippen LogP contribution in [0.2, 0.25) is 0 Å². The molecule has 30 valence electrons. The Labute approximate surface area is 40.3 Å². The first kappa shape index (κ1) is 3.99. The van der Waals surface area contributed by atoms with Crippen LogP contribution in [0.25, 0.3) is 0 Å². The summed E-state index contributed by atoms with van der Waals surface area (Å²) in [5, 5.41) is 1.08. The average Bonchev–Trinajstić information content (AvgIpc) is 1.31. The second-order valence-electron chi connectivity index (χ2n) is 1.14. The first-order valence-electron chi connectivity index (χ1n) is 1.77. The van der Waals surface area contributed by atoms with E-state index in [0.717, 1.165) is 5.12 Å². The van der Waals surface area contributed by atoms with E-state index in [-0.39, 0.29) is 0 Å². The van der Waals surface area contributed by atoms with Crippen molar-refractivity contribution < 1.29 is 4.79 Å². The van der Waals surface area contributed by atoms with E-state index in [1.165, 1.54) is 0 Å². The summed E-state index contributed by atoms with van der Waals surface area (Å²) < 4.78 is 0. The zero-order valence-corrected chi connectivity index (χ0v) is 5.32. The molecule has 6 heavy (non-hydrogen) atoms. The summed E-state index contributed by atoms with van der Waals surface area (Å²) in [7, 11) is 0. The minimum absolute atomic E-state index is 1.08. The van der Waals surface area contributed by atoms with Gasteiger partial charge < -0.3 is 0 Å². The molecule has 0 amide bonds. The van der Waals surface area contributed by atoms with Crippen LogP contribution in [0.15, 0.2) is 11.0 Å². The van der Waals surface area contributed by atoms with E-state index in [0.29, 0.717) is 0 Å². The zero-order chi connectivity index (χ0) is 4.41. The van der Waals surface area contributed by atoms with Crippen molar-refractivity contribution in [3.63, 3.8) is 0 Å². The van der Waals surface area contributed by atoms with Gasteiger partial charge in [-0.1, -0.05) is 0 Å². The van der Waals surface area contributed by atoms with Crippen LogP contribution in [0.1, 0.15) is 0 Å². The molecule has 0 saturated carbocycles. The Morgan fingerprint density at radius 1 is 1.67 bits per heavy atom. The van der Waals surface area contributed by atoms with Gasteiger partial charge in [0.1, 0.15) is 0 Å². The molecule has 1 heterocycles.